The van der Waals surface area contributed by atoms with E-state index >= 15 is 0 Å². The summed E-state index contributed by atoms with van der Waals surface area (Å²) in [6.45, 7) is 3.42. The van der Waals surface area contributed by atoms with Gasteiger partial charge in [0.05, 0.1) is 0 Å². The SMILES string of the molecule is CCc1ccc([C@@H]2CCCN2)s1. The summed E-state index contributed by atoms with van der Waals surface area (Å²) in [5, 5.41) is 3.52. The Hall–Kier alpha value is -0.340. The molecule has 0 spiro atoms. The standard InChI is InChI=1S/C10H15NS/c1-2-8-5-6-10(12-8)9-4-3-7-11-9/h5-6,9,11H,2-4,7H2,1H3/t9-/m0/s1. The van der Waals surface area contributed by atoms with Gasteiger partial charge < -0.3 is 5.32 Å². The Morgan fingerprint density at radius 3 is 3.08 bits per heavy atom. The molecule has 66 valence electrons. The van der Waals surface area contributed by atoms with E-state index in [1.54, 1.807) is 0 Å². The first-order chi connectivity index (χ1) is 5.90. The zero-order valence-corrected chi connectivity index (χ0v) is 8.29. The summed E-state index contributed by atoms with van der Waals surface area (Å²) >= 11 is 1.97. The zero-order chi connectivity index (χ0) is 8.39. The molecule has 1 aliphatic heterocycles. The Morgan fingerprint density at radius 1 is 1.58 bits per heavy atom. The van der Waals surface area contributed by atoms with E-state index in [0.29, 0.717) is 6.04 Å². The molecule has 0 aliphatic carbocycles. The normalized spacial score (nSPS) is 23.2. The fourth-order valence-electron chi connectivity index (χ4n) is 1.70. The maximum Gasteiger partial charge on any atom is 0.0415 e. The molecule has 1 saturated heterocycles. The van der Waals surface area contributed by atoms with Gasteiger partial charge in [-0.1, -0.05) is 6.92 Å². The number of aryl methyl sites for hydroxylation is 1. The van der Waals surface area contributed by atoms with Crippen molar-refractivity contribution >= 4 is 11.3 Å². The van der Waals surface area contributed by atoms with Crippen LogP contribution in [0.3, 0.4) is 0 Å². The van der Waals surface area contributed by atoms with Crippen LogP contribution in [0.5, 0.6) is 0 Å². The van der Waals surface area contributed by atoms with Crippen LogP contribution in [0.2, 0.25) is 0 Å². The van der Waals surface area contributed by atoms with Gasteiger partial charge in [0, 0.05) is 15.8 Å². The summed E-state index contributed by atoms with van der Waals surface area (Å²) in [7, 11) is 0. The first-order valence-electron chi connectivity index (χ1n) is 4.72. The predicted molar refractivity (Wildman–Crippen MR) is 53.7 cm³/mol. The molecule has 2 rings (SSSR count). The summed E-state index contributed by atoms with van der Waals surface area (Å²) in [4.78, 5) is 3.04. The third kappa shape index (κ3) is 1.54. The molecule has 0 amide bonds. The minimum Gasteiger partial charge on any atom is -0.309 e. The first-order valence-corrected chi connectivity index (χ1v) is 5.54. The fourth-order valence-corrected chi connectivity index (χ4v) is 2.76. The van der Waals surface area contributed by atoms with Crippen LogP contribution in [0.15, 0.2) is 12.1 Å². The second-order valence-electron chi connectivity index (χ2n) is 3.31. The minimum atomic E-state index is 0.662. The van der Waals surface area contributed by atoms with Gasteiger partial charge in [-0.25, -0.2) is 0 Å². The third-order valence-corrected chi connectivity index (χ3v) is 3.78. The summed E-state index contributed by atoms with van der Waals surface area (Å²) in [6, 6.07) is 5.21. The Morgan fingerprint density at radius 2 is 2.50 bits per heavy atom. The van der Waals surface area contributed by atoms with Gasteiger partial charge in [0.1, 0.15) is 0 Å². The van der Waals surface area contributed by atoms with Crippen LogP contribution in [0.1, 0.15) is 35.6 Å². The molecule has 1 fully saturated rings. The average molecular weight is 181 g/mol. The Kier molecular flexibility index (Phi) is 2.47. The molecule has 1 N–H and O–H groups in total. The molecule has 1 atom stereocenters. The first kappa shape index (κ1) is 8.27. The van der Waals surface area contributed by atoms with Gasteiger partial charge in [-0.05, 0) is 37.9 Å². The van der Waals surface area contributed by atoms with Crippen molar-refractivity contribution in [2.24, 2.45) is 0 Å². The molecule has 1 nitrogen and oxygen atoms in total. The second-order valence-corrected chi connectivity index (χ2v) is 4.51. The highest BCUT2D eigenvalue weighted by Gasteiger charge is 2.17. The van der Waals surface area contributed by atoms with Crippen LogP contribution < -0.4 is 5.32 Å². The zero-order valence-electron chi connectivity index (χ0n) is 7.47. The Labute approximate surface area is 77.8 Å². The number of hydrogen-bond acceptors (Lipinski definition) is 2. The van der Waals surface area contributed by atoms with Gasteiger partial charge in [0.2, 0.25) is 0 Å². The maximum absolute atomic E-state index is 3.52. The molecule has 2 heteroatoms. The second kappa shape index (κ2) is 3.58. The summed E-state index contributed by atoms with van der Waals surface area (Å²) in [5.74, 6) is 0. The lowest BCUT2D eigenvalue weighted by Crippen LogP contribution is -2.11. The summed E-state index contributed by atoms with van der Waals surface area (Å²) < 4.78 is 0. The fraction of sp³-hybridized carbons (Fsp3) is 0.600. The molecule has 1 aromatic rings. The predicted octanol–water partition coefficient (Wildman–Crippen LogP) is 2.74. The Balaban J connectivity index is 2.11. The van der Waals surface area contributed by atoms with Crippen LogP contribution >= 0.6 is 11.3 Å². The lowest BCUT2D eigenvalue weighted by molar-refractivity contribution is 0.660. The molecule has 12 heavy (non-hydrogen) atoms. The lowest BCUT2D eigenvalue weighted by atomic mass is 10.2. The van der Waals surface area contributed by atoms with Crippen LogP contribution in [0.4, 0.5) is 0 Å². The van der Waals surface area contributed by atoms with E-state index in [0.717, 1.165) is 0 Å². The Bertz CT molecular complexity index is 248. The van der Waals surface area contributed by atoms with Crippen molar-refractivity contribution in [2.75, 3.05) is 6.54 Å². The van der Waals surface area contributed by atoms with E-state index in [2.05, 4.69) is 24.4 Å². The highest BCUT2D eigenvalue weighted by Crippen LogP contribution is 2.29. The highest BCUT2D eigenvalue weighted by molar-refractivity contribution is 7.12. The van der Waals surface area contributed by atoms with E-state index in [1.807, 2.05) is 11.3 Å². The van der Waals surface area contributed by atoms with Gasteiger partial charge in [0.15, 0.2) is 0 Å². The van der Waals surface area contributed by atoms with Gasteiger partial charge in [-0.15, -0.1) is 11.3 Å². The largest absolute Gasteiger partial charge is 0.309 e. The van der Waals surface area contributed by atoms with E-state index < -0.39 is 0 Å². The van der Waals surface area contributed by atoms with E-state index in [1.165, 1.54) is 35.6 Å². The number of rotatable bonds is 2. The van der Waals surface area contributed by atoms with Gasteiger partial charge in [0.25, 0.3) is 0 Å². The molecule has 1 aliphatic rings. The summed E-state index contributed by atoms with van der Waals surface area (Å²) in [6.07, 6.45) is 3.84. The molecule has 2 heterocycles. The van der Waals surface area contributed by atoms with Crippen molar-refractivity contribution in [3.63, 3.8) is 0 Å². The van der Waals surface area contributed by atoms with Gasteiger partial charge >= 0.3 is 0 Å². The highest BCUT2D eigenvalue weighted by atomic mass is 32.1. The van der Waals surface area contributed by atoms with Crippen LogP contribution in [-0.2, 0) is 6.42 Å². The van der Waals surface area contributed by atoms with Gasteiger partial charge in [-0.2, -0.15) is 0 Å². The lowest BCUT2D eigenvalue weighted by Gasteiger charge is -2.05. The van der Waals surface area contributed by atoms with Crippen molar-refractivity contribution in [3.8, 4) is 0 Å². The van der Waals surface area contributed by atoms with Crippen molar-refractivity contribution in [1.82, 2.24) is 5.32 Å². The third-order valence-electron chi connectivity index (χ3n) is 2.43. The monoisotopic (exact) mass is 181 g/mol. The van der Waals surface area contributed by atoms with Crippen LogP contribution in [-0.4, -0.2) is 6.54 Å². The van der Waals surface area contributed by atoms with Crippen molar-refractivity contribution < 1.29 is 0 Å². The minimum absolute atomic E-state index is 0.662. The molecule has 0 unspecified atom stereocenters. The van der Waals surface area contributed by atoms with Crippen molar-refractivity contribution in [3.05, 3.63) is 21.9 Å². The van der Waals surface area contributed by atoms with E-state index in [-0.39, 0.29) is 0 Å². The smallest absolute Gasteiger partial charge is 0.0415 e. The van der Waals surface area contributed by atoms with Crippen LogP contribution in [0, 0.1) is 0 Å². The van der Waals surface area contributed by atoms with Crippen molar-refractivity contribution in [1.29, 1.82) is 0 Å². The molecule has 1 aromatic heterocycles. The quantitative estimate of drug-likeness (QED) is 0.739. The van der Waals surface area contributed by atoms with Crippen molar-refractivity contribution in [2.45, 2.75) is 32.2 Å². The number of hydrogen-bond donors (Lipinski definition) is 1. The molecule has 0 saturated carbocycles. The molecular weight excluding hydrogens is 166 g/mol. The maximum atomic E-state index is 3.52. The molecule has 0 aromatic carbocycles. The number of nitrogens with one attached hydrogen (secondary N) is 1. The van der Waals surface area contributed by atoms with E-state index in [4.69, 9.17) is 0 Å². The molecule has 0 radical (unpaired) electrons. The summed E-state index contributed by atoms with van der Waals surface area (Å²) in [5.41, 5.74) is 0. The number of thiophene rings is 1. The van der Waals surface area contributed by atoms with Crippen LogP contribution in [0.25, 0.3) is 0 Å². The molecule has 0 bridgehead atoms. The molecular formula is C10H15NS. The van der Waals surface area contributed by atoms with Gasteiger partial charge in [-0.3, -0.25) is 0 Å². The average Bonchev–Trinajstić information content (AvgIpc) is 2.75. The van der Waals surface area contributed by atoms with E-state index in [9.17, 15) is 0 Å². The topological polar surface area (TPSA) is 12.0 Å².